The Hall–Kier alpha value is -4.36. The molecule has 18 heteroatoms. The van der Waals surface area contributed by atoms with Gasteiger partial charge in [-0.15, -0.1) is 11.3 Å². The first-order chi connectivity index (χ1) is 22.3. The molecule has 2 amide bonds. The lowest BCUT2D eigenvalue weighted by atomic mass is 9.90. The Labute approximate surface area is 300 Å². The van der Waals surface area contributed by atoms with Gasteiger partial charge < -0.3 is 19.5 Å². The van der Waals surface area contributed by atoms with Crippen molar-refractivity contribution in [3.8, 4) is 10.4 Å². The average Bonchev–Trinajstić information content (AvgIpc) is 3.68. The van der Waals surface area contributed by atoms with Crippen molar-refractivity contribution < 1.29 is 39.0 Å². The molecule has 4 aromatic rings. The zero-order chi connectivity index (χ0) is 36.2. The molecular formula is C31H38BBrN4O10S2. The summed E-state index contributed by atoms with van der Waals surface area (Å²) >= 11 is 5.95. The Morgan fingerprint density at radius 1 is 0.776 bits per heavy atom. The van der Waals surface area contributed by atoms with Crippen LogP contribution < -0.4 is 15.4 Å². The number of nitrogens with one attached hydrogen (secondary N) is 2. The van der Waals surface area contributed by atoms with Crippen LogP contribution in [0.4, 0.5) is 32.3 Å². The molecule has 49 heavy (non-hydrogen) atoms. The van der Waals surface area contributed by atoms with Gasteiger partial charge in [-0.05, 0) is 82.1 Å². The summed E-state index contributed by atoms with van der Waals surface area (Å²) in [5, 5.41) is 47.5. The monoisotopic (exact) mass is 780 g/mol. The van der Waals surface area contributed by atoms with Gasteiger partial charge in [0.15, 0.2) is 0 Å². The van der Waals surface area contributed by atoms with Crippen LogP contribution in [0, 0.1) is 20.2 Å². The van der Waals surface area contributed by atoms with Crippen LogP contribution >= 0.6 is 38.6 Å². The highest BCUT2D eigenvalue weighted by atomic mass is 79.9. The molecule has 4 N–H and O–H groups in total. The van der Waals surface area contributed by atoms with E-state index in [4.69, 9.17) is 19.5 Å². The normalized spacial score (nSPS) is 10.5. The molecule has 2 heterocycles. The van der Waals surface area contributed by atoms with Crippen molar-refractivity contribution in [1.29, 1.82) is 0 Å². The van der Waals surface area contributed by atoms with Gasteiger partial charge in [0.1, 0.15) is 22.6 Å². The number of ether oxygens (including phenoxy) is 2. The number of halogens is 1. The van der Waals surface area contributed by atoms with Crippen LogP contribution in [0.25, 0.3) is 10.4 Å². The number of carbonyl (C=O) groups excluding carboxylic acids is 2. The molecule has 2 aromatic heterocycles. The number of amides is 2. The lowest BCUT2D eigenvalue weighted by molar-refractivity contribution is -0.384. The van der Waals surface area contributed by atoms with Crippen LogP contribution in [0.5, 0.6) is 0 Å². The second-order valence-corrected chi connectivity index (χ2v) is 14.4. The molecule has 0 radical (unpaired) electrons. The van der Waals surface area contributed by atoms with Crippen molar-refractivity contribution in [2.75, 3.05) is 10.6 Å². The summed E-state index contributed by atoms with van der Waals surface area (Å²) in [7, 11) is -1.30. The summed E-state index contributed by atoms with van der Waals surface area (Å²) in [5.74, 6) is 0. The highest BCUT2D eigenvalue weighted by Crippen LogP contribution is 2.33. The molecule has 14 nitrogen and oxygen atoms in total. The fourth-order valence-electron chi connectivity index (χ4n) is 3.41. The Kier molecular flexibility index (Phi) is 16.5. The summed E-state index contributed by atoms with van der Waals surface area (Å²) < 4.78 is 11.3. The Balaban J connectivity index is 0.000000399. The number of carbonyl (C=O) groups is 2. The largest absolute Gasteiger partial charge is 0.499 e. The summed E-state index contributed by atoms with van der Waals surface area (Å²) in [4.78, 5) is 45.2. The Morgan fingerprint density at radius 3 is 1.63 bits per heavy atom. The lowest BCUT2D eigenvalue weighted by Gasteiger charge is -2.19. The standard InChI is InChI=1S/C15H16N2O4S.C11H13BrN2O4.C4H5BO2S.CH4/c1-15(2,3)21-14(18)16-11-7-6-10(9-12(11)17(19)20)13-5-4-8-22-13;1-11(2,3)18-10(15)13-8-5-4-7(12)6-9(8)14(16)17;6-5(7)4-2-1-3-8-4;/h4-9H,1-3H3,(H,16,18);4-6H,1-3H3,(H,13,15);1-3,6-7H;1H4. The van der Waals surface area contributed by atoms with E-state index in [0.717, 1.165) is 10.4 Å². The second kappa shape index (κ2) is 19.0. The van der Waals surface area contributed by atoms with Crippen LogP contribution in [0.1, 0.15) is 49.0 Å². The van der Waals surface area contributed by atoms with E-state index in [1.165, 1.54) is 46.9 Å². The molecule has 0 unspecified atom stereocenters. The fourth-order valence-corrected chi connectivity index (χ4v) is 5.08. The molecule has 0 bridgehead atoms. The molecule has 0 spiro atoms. The molecule has 0 saturated heterocycles. The van der Waals surface area contributed by atoms with E-state index in [1.807, 2.05) is 17.5 Å². The molecule has 2 aromatic carbocycles. The molecule has 0 aliphatic carbocycles. The van der Waals surface area contributed by atoms with Crippen LogP contribution in [0.2, 0.25) is 0 Å². The Bertz CT molecular complexity index is 1690. The number of thiophene rings is 2. The molecule has 4 rings (SSSR count). The maximum absolute atomic E-state index is 11.8. The maximum atomic E-state index is 11.8. The summed E-state index contributed by atoms with van der Waals surface area (Å²) in [6, 6.07) is 16.2. The lowest BCUT2D eigenvalue weighted by Crippen LogP contribution is -2.27. The highest BCUT2D eigenvalue weighted by molar-refractivity contribution is 9.10. The van der Waals surface area contributed by atoms with Crippen LogP contribution in [-0.4, -0.2) is 50.4 Å². The van der Waals surface area contributed by atoms with E-state index in [9.17, 15) is 29.8 Å². The highest BCUT2D eigenvalue weighted by Gasteiger charge is 2.22. The van der Waals surface area contributed by atoms with Crippen LogP contribution in [-0.2, 0) is 9.47 Å². The average molecular weight is 782 g/mol. The third-order valence-electron chi connectivity index (χ3n) is 5.23. The van der Waals surface area contributed by atoms with E-state index < -0.39 is 40.4 Å². The van der Waals surface area contributed by atoms with Gasteiger partial charge >= 0.3 is 19.3 Å². The van der Waals surface area contributed by atoms with Crippen molar-refractivity contribution in [2.24, 2.45) is 0 Å². The zero-order valence-corrected chi connectivity index (χ0v) is 30.0. The maximum Gasteiger partial charge on any atom is 0.499 e. The predicted octanol–water partition coefficient (Wildman–Crippen LogP) is 8.44. The smallest absolute Gasteiger partial charge is 0.444 e. The molecule has 0 aliphatic rings. The third-order valence-corrected chi connectivity index (χ3v) is 7.55. The summed E-state index contributed by atoms with van der Waals surface area (Å²) in [5.41, 5.74) is -0.760. The number of anilines is 2. The SMILES string of the molecule is C.CC(C)(C)OC(=O)Nc1ccc(-c2cccs2)cc1[N+](=O)[O-].CC(C)(C)OC(=O)Nc1ccc(Br)cc1[N+](=O)[O-].OB(O)c1cccs1. The van der Waals surface area contributed by atoms with Crippen molar-refractivity contribution >= 4 is 85.4 Å². The molecule has 0 atom stereocenters. The van der Waals surface area contributed by atoms with E-state index in [2.05, 4.69) is 26.6 Å². The van der Waals surface area contributed by atoms with Gasteiger partial charge in [-0.25, -0.2) is 9.59 Å². The van der Waals surface area contributed by atoms with E-state index >= 15 is 0 Å². The molecule has 0 saturated carbocycles. The Morgan fingerprint density at radius 2 is 1.24 bits per heavy atom. The van der Waals surface area contributed by atoms with Gasteiger partial charge in [-0.2, -0.15) is 11.3 Å². The number of hydrogen-bond acceptors (Lipinski definition) is 12. The van der Waals surface area contributed by atoms with E-state index in [1.54, 1.807) is 71.2 Å². The quantitative estimate of drug-likeness (QED) is 0.0835. The van der Waals surface area contributed by atoms with Gasteiger partial charge in [0.25, 0.3) is 11.4 Å². The van der Waals surface area contributed by atoms with Gasteiger partial charge in [0.05, 0.1) is 9.85 Å². The number of benzene rings is 2. The molecule has 264 valence electrons. The number of rotatable bonds is 6. The van der Waals surface area contributed by atoms with Gasteiger partial charge in [0, 0.05) is 26.3 Å². The minimum absolute atomic E-state index is 0. The van der Waals surface area contributed by atoms with Crippen molar-refractivity contribution in [1.82, 2.24) is 0 Å². The minimum Gasteiger partial charge on any atom is -0.444 e. The van der Waals surface area contributed by atoms with Gasteiger partial charge in [-0.1, -0.05) is 47.6 Å². The second-order valence-electron chi connectivity index (χ2n) is 11.5. The fraction of sp³-hybridized carbons (Fsp3) is 0.290. The molecular weight excluding hydrogens is 743 g/mol. The zero-order valence-electron chi connectivity index (χ0n) is 26.8. The molecule has 0 fully saturated rings. The van der Waals surface area contributed by atoms with Crippen molar-refractivity contribution in [2.45, 2.75) is 60.2 Å². The number of nitro groups is 2. The number of hydrogen-bond donors (Lipinski definition) is 4. The first-order valence-corrected chi connectivity index (χ1v) is 16.5. The van der Waals surface area contributed by atoms with E-state index in [-0.39, 0.29) is 30.2 Å². The number of nitrogens with zero attached hydrogens (tertiary/aromatic N) is 2. The third kappa shape index (κ3) is 15.6. The molecule has 0 aliphatic heterocycles. The first kappa shape index (κ1) is 42.7. The summed E-state index contributed by atoms with van der Waals surface area (Å²) in [6.07, 6.45) is -1.45. The number of nitro benzene ring substituents is 2. The summed E-state index contributed by atoms with van der Waals surface area (Å²) in [6.45, 7) is 10.3. The van der Waals surface area contributed by atoms with Crippen LogP contribution in [0.15, 0.2) is 75.9 Å². The van der Waals surface area contributed by atoms with Gasteiger partial charge in [0.2, 0.25) is 0 Å². The topological polar surface area (TPSA) is 203 Å². The van der Waals surface area contributed by atoms with Crippen molar-refractivity contribution in [3.63, 3.8) is 0 Å². The predicted molar refractivity (Wildman–Crippen MR) is 198 cm³/mol. The first-order valence-electron chi connectivity index (χ1n) is 13.9. The van der Waals surface area contributed by atoms with E-state index in [0.29, 0.717) is 9.25 Å². The van der Waals surface area contributed by atoms with Crippen LogP contribution in [0.3, 0.4) is 0 Å². The van der Waals surface area contributed by atoms with Crippen molar-refractivity contribution in [3.05, 3.63) is 96.1 Å². The van der Waals surface area contributed by atoms with Gasteiger partial charge in [-0.3, -0.25) is 30.9 Å². The minimum atomic E-state index is -1.30.